The summed E-state index contributed by atoms with van der Waals surface area (Å²) in [4.78, 5) is 27.9. The van der Waals surface area contributed by atoms with E-state index in [0.717, 1.165) is 44.8 Å². The SMILES string of the molecule is O=C(O)[C@@H]1CC(=O)N(CCCN2CCOCC2)[C@@H]1c1ccsc1. The topological polar surface area (TPSA) is 70.1 Å². The van der Waals surface area contributed by atoms with Crippen molar-refractivity contribution in [3.63, 3.8) is 0 Å². The maximum Gasteiger partial charge on any atom is 0.309 e. The summed E-state index contributed by atoms with van der Waals surface area (Å²) in [5, 5.41) is 13.3. The molecule has 0 unspecified atom stereocenters. The number of likely N-dealkylation sites (tertiary alicyclic amines) is 1. The number of aliphatic carboxylic acids is 1. The van der Waals surface area contributed by atoms with E-state index in [1.807, 2.05) is 16.8 Å². The second-order valence-electron chi connectivity index (χ2n) is 6.05. The Bertz CT molecular complexity index is 542. The van der Waals surface area contributed by atoms with Gasteiger partial charge < -0.3 is 14.7 Å². The summed E-state index contributed by atoms with van der Waals surface area (Å²) in [5.74, 6) is -1.57. The Kier molecular flexibility index (Phi) is 5.30. The van der Waals surface area contributed by atoms with E-state index in [1.165, 1.54) is 11.3 Å². The first-order valence-corrected chi connectivity index (χ1v) is 8.95. The maximum atomic E-state index is 12.3. The normalized spacial score (nSPS) is 25.9. The highest BCUT2D eigenvalue weighted by atomic mass is 32.1. The number of carboxylic acids is 1. The van der Waals surface area contributed by atoms with Gasteiger partial charge in [-0.15, -0.1) is 0 Å². The lowest BCUT2D eigenvalue weighted by Crippen LogP contribution is -2.38. The Hall–Kier alpha value is -1.44. The van der Waals surface area contributed by atoms with Crippen LogP contribution < -0.4 is 0 Å². The molecule has 0 spiro atoms. The van der Waals surface area contributed by atoms with Crippen molar-refractivity contribution in [1.29, 1.82) is 0 Å². The van der Waals surface area contributed by atoms with Gasteiger partial charge >= 0.3 is 5.97 Å². The number of carboxylic acid groups (broad SMARTS) is 1. The molecule has 0 aromatic carbocycles. The Labute approximate surface area is 139 Å². The monoisotopic (exact) mass is 338 g/mol. The highest BCUT2D eigenvalue weighted by Crippen LogP contribution is 2.39. The van der Waals surface area contributed by atoms with Crippen LogP contribution in [-0.2, 0) is 14.3 Å². The minimum absolute atomic E-state index is 0.0458. The minimum atomic E-state index is -0.884. The van der Waals surface area contributed by atoms with Crippen LogP contribution in [0.4, 0.5) is 0 Å². The molecule has 1 amide bonds. The molecule has 2 fully saturated rings. The Balaban J connectivity index is 1.63. The molecule has 2 aliphatic heterocycles. The summed E-state index contributed by atoms with van der Waals surface area (Å²) in [7, 11) is 0. The third-order valence-electron chi connectivity index (χ3n) is 4.61. The van der Waals surface area contributed by atoms with Crippen molar-refractivity contribution in [1.82, 2.24) is 9.80 Å². The standard InChI is InChI=1S/C16H22N2O4S/c19-14-10-13(16(20)21)15(12-2-9-23-11-12)18(14)4-1-3-17-5-7-22-8-6-17/h2,9,11,13,15H,1,3-8,10H2,(H,20,21)/t13-,15-/m1/s1. The Morgan fingerprint density at radius 1 is 1.35 bits per heavy atom. The third kappa shape index (κ3) is 3.73. The molecule has 1 aromatic heterocycles. The summed E-state index contributed by atoms with van der Waals surface area (Å²) in [5.41, 5.74) is 0.944. The van der Waals surface area contributed by atoms with Gasteiger partial charge in [0.05, 0.1) is 25.2 Å². The molecule has 23 heavy (non-hydrogen) atoms. The number of rotatable bonds is 6. The minimum Gasteiger partial charge on any atom is -0.481 e. The molecule has 3 heterocycles. The summed E-state index contributed by atoms with van der Waals surface area (Å²) in [6.45, 7) is 4.92. The second kappa shape index (κ2) is 7.42. The van der Waals surface area contributed by atoms with Gasteiger partial charge in [-0.1, -0.05) is 0 Å². The molecule has 2 saturated heterocycles. The average Bonchev–Trinajstić information content (AvgIpc) is 3.17. The molecule has 2 atom stereocenters. The molecule has 126 valence electrons. The zero-order chi connectivity index (χ0) is 16.2. The summed E-state index contributed by atoms with van der Waals surface area (Å²) < 4.78 is 5.33. The zero-order valence-corrected chi connectivity index (χ0v) is 13.8. The number of hydrogen-bond acceptors (Lipinski definition) is 5. The van der Waals surface area contributed by atoms with Crippen molar-refractivity contribution in [2.45, 2.75) is 18.9 Å². The van der Waals surface area contributed by atoms with E-state index in [2.05, 4.69) is 4.90 Å². The average molecular weight is 338 g/mol. The van der Waals surface area contributed by atoms with Crippen molar-refractivity contribution >= 4 is 23.2 Å². The van der Waals surface area contributed by atoms with E-state index < -0.39 is 11.9 Å². The van der Waals surface area contributed by atoms with Crippen LogP contribution in [0, 0.1) is 5.92 Å². The van der Waals surface area contributed by atoms with E-state index in [4.69, 9.17) is 4.74 Å². The molecule has 6 nitrogen and oxygen atoms in total. The molecular weight excluding hydrogens is 316 g/mol. The largest absolute Gasteiger partial charge is 0.481 e. The van der Waals surface area contributed by atoms with Crippen molar-refractivity contribution in [3.05, 3.63) is 22.4 Å². The van der Waals surface area contributed by atoms with Gasteiger partial charge in [0.2, 0.25) is 5.91 Å². The number of nitrogens with zero attached hydrogens (tertiary/aromatic N) is 2. The van der Waals surface area contributed by atoms with Gasteiger partial charge in [-0.3, -0.25) is 14.5 Å². The highest BCUT2D eigenvalue weighted by molar-refractivity contribution is 7.08. The number of carbonyl (C=O) groups excluding carboxylic acids is 1. The van der Waals surface area contributed by atoms with Gasteiger partial charge in [0.15, 0.2) is 0 Å². The van der Waals surface area contributed by atoms with E-state index in [9.17, 15) is 14.7 Å². The van der Waals surface area contributed by atoms with E-state index in [1.54, 1.807) is 4.90 Å². The van der Waals surface area contributed by atoms with Crippen LogP contribution in [0.1, 0.15) is 24.4 Å². The molecule has 3 rings (SSSR count). The van der Waals surface area contributed by atoms with Crippen LogP contribution in [0.2, 0.25) is 0 Å². The fourth-order valence-corrected chi connectivity index (χ4v) is 4.11. The van der Waals surface area contributed by atoms with Crippen LogP contribution in [0.25, 0.3) is 0 Å². The number of morpholine rings is 1. The van der Waals surface area contributed by atoms with Gasteiger partial charge in [0.1, 0.15) is 0 Å². The summed E-state index contributed by atoms with van der Waals surface area (Å²) in [6.07, 6.45) is 0.964. The second-order valence-corrected chi connectivity index (χ2v) is 6.83. The smallest absolute Gasteiger partial charge is 0.309 e. The van der Waals surface area contributed by atoms with Crippen LogP contribution in [-0.4, -0.2) is 66.2 Å². The first-order valence-electron chi connectivity index (χ1n) is 8.01. The third-order valence-corrected chi connectivity index (χ3v) is 5.31. The Morgan fingerprint density at radius 3 is 2.78 bits per heavy atom. The molecule has 1 aromatic rings. The summed E-state index contributed by atoms with van der Waals surface area (Å²) in [6, 6.07) is 1.61. The van der Waals surface area contributed by atoms with Crippen LogP contribution in [0.3, 0.4) is 0 Å². The van der Waals surface area contributed by atoms with Crippen LogP contribution in [0.15, 0.2) is 16.8 Å². The molecule has 0 aliphatic carbocycles. The number of amides is 1. The molecule has 1 N–H and O–H groups in total. The van der Waals surface area contributed by atoms with Gasteiger partial charge in [-0.05, 0) is 28.8 Å². The molecule has 7 heteroatoms. The number of ether oxygens (including phenoxy) is 1. The predicted octanol–water partition coefficient (Wildman–Crippen LogP) is 1.44. The lowest BCUT2D eigenvalue weighted by Gasteiger charge is -2.29. The molecule has 0 saturated carbocycles. The van der Waals surface area contributed by atoms with E-state index in [0.29, 0.717) is 6.54 Å². The zero-order valence-electron chi connectivity index (χ0n) is 13.0. The van der Waals surface area contributed by atoms with E-state index in [-0.39, 0.29) is 18.4 Å². The number of carbonyl (C=O) groups is 2. The number of hydrogen-bond donors (Lipinski definition) is 1. The molecule has 2 aliphatic rings. The van der Waals surface area contributed by atoms with Crippen molar-refractivity contribution in [3.8, 4) is 0 Å². The fraction of sp³-hybridized carbons (Fsp3) is 0.625. The first kappa shape index (κ1) is 16.4. The van der Waals surface area contributed by atoms with Crippen LogP contribution >= 0.6 is 11.3 Å². The first-order chi connectivity index (χ1) is 11.2. The predicted molar refractivity (Wildman–Crippen MR) is 86.4 cm³/mol. The summed E-state index contributed by atoms with van der Waals surface area (Å²) >= 11 is 1.54. The highest BCUT2D eigenvalue weighted by Gasteiger charge is 2.44. The van der Waals surface area contributed by atoms with Crippen molar-refractivity contribution < 1.29 is 19.4 Å². The lowest BCUT2D eigenvalue weighted by atomic mass is 9.95. The molecule has 0 bridgehead atoms. The van der Waals surface area contributed by atoms with Gasteiger partial charge in [0.25, 0.3) is 0 Å². The van der Waals surface area contributed by atoms with Crippen molar-refractivity contribution in [2.24, 2.45) is 5.92 Å². The van der Waals surface area contributed by atoms with Gasteiger partial charge in [-0.2, -0.15) is 11.3 Å². The van der Waals surface area contributed by atoms with E-state index >= 15 is 0 Å². The molecular formula is C16H22N2O4S. The lowest BCUT2D eigenvalue weighted by molar-refractivity contribution is -0.142. The van der Waals surface area contributed by atoms with Crippen LogP contribution in [0.5, 0.6) is 0 Å². The van der Waals surface area contributed by atoms with Gasteiger partial charge in [-0.25, -0.2) is 0 Å². The Morgan fingerprint density at radius 2 is 2.13 bits per heavy atom. The molecule has 0 radical (unpaired) electrons. The van der Waals surface area contributed by atoms with Crippen molar-refractivity contribution in [2.75, 3.05) is 39.4 Å². The fourth-order valence-electron chi connectivity index (χ4n) is 3.42. The number of thiophene rings is 1. The maximum absolute atomic E-state index is 12.3. The van der Waals surface area contributed by atoms with Gasteiger partial charge in [0, 0.05) is 32.6 Å². The quantitative estimate of drug-likeness (QED) is 0.850.